The first-order chi connectivity index (χ1) is 14.9. The number of rotatable bonds is 8. The van der Waals surface area contributed by atoms with E-state index in [1.54, 1.807) is 6.07 Å². The zero-order chi connectivity index (χ0) is 22.2. The van der Waals surface area contributed by atoms with Gasteiger partial charge in [0.25, 0.3) is 0 Å². The highest BCUT2D eigenvalue weighted by molar-refractivity contribution is 5.97. The van der Waals surface area contributed by atoms with Crippen LogP contribution in [0, 0.1) is 5.92 Å². The Hall–Kier alpha value is -3.40. The van der Waals surface area contributed by atoms with Crippen LogP contribution in [-0.2, 0) is 22.4 Å². The lowest BCUT2D eigenvalue weighted by molar-refractivity contribution is -0.117. The Labute approximate surface area is 184 Å². The van der Waals surface area contributed by atoms with Gasteiger partial charge in [-0.05, 0) is 54.2 Å². The van der Waals surface area contributed by atoms with Crippen molar-refractivity contribution in [3.63, 3.8) is 0 Å². The van der Waals surface area contributed by atoms with E-state index in [4.69, 9.17) is 0 Å². The molecule has 3 aromatic rings. The van der Waals surface area contributed by atoms with Crippen LogP contribution in [0.3, 0.4) is 0 Å². The molecule has 2 amide bonds. The van der Waals surface area contributed by atoms with Gasteiger partial charge in [0, 0.05) is 11.4 Å². The maximum absolute atomic E-state index is 12.8. The molecule has 0 saturated carbocycles. The Bertz CT molecular complexity index is 1010. The van der Waals surface area contributed by atoms with Crippen LogP contribution >= 0.6 is 0 Å². The van der Waals surface area contributed by atoms with Gasteiger partial charge < -0.3 is 10.6 Å². The highest BCUT2D eigenvalue weighted by atomic mass is 16.2. The Morgan fingerprint density at radius 3 is 2.03 bits per heavy atom. The van der Waals surface area contributed by atoms with E-state index in [1.807, 2.05) is 67.6 Å². The number of anilines is 2. The lowest BCUT2D eigenvalue weighted by atomic mass is 9.96. The van der Waals surface area contributed by atoms with E-state index in [-0.39, 0.29) is 17.7 Å². The summed E-state index contributed by atoms with van der Waals surface area (Å²) in [5.74, 6) is 0.158. The lowest BCUT2D eigenvalue weighted by Crippen LogP contribution is -2.19. The molecule has 0 aliphatic carbocycles. The van der Waals surface area contributed by atoms with Crippen LogP contribution in [0.25, 0.3) is 0 Å². The predicted octanol–water partition coefficient (Wildman–Crippen LogP) is 5.81. The van der Waals surface area contributed by atoms with Crippen molar-refractivity contribution in [1.29, 1.82) is 0 Å². The largest absolute Gasteiger partial charge is 0.326 e. The third kappa shape index (κ3) is 6.82. The van der Waals surface area contributed by atoms with Crippen LogP contribution in [0.2, 0.25) is 0 Å². The molecule has 4 heteroatoms. The summed E-state index contributed by atoms with van der Waals surface area (Å²) in [6.07, 6.45) is 1.34. The van der Waals surface area contributed by atoms with Gasteiger partial charge in [-0.15, -0.1) is 0 Å². The molecular formula is C27H30N2O2. The average Bonchev–Trinajstić information content (AvgIpc) is 2.74. The molecule has 0 saturated heterocycles. The lowest BCUT2D eigenvalue weighted by Gasteiger charge is -2.14. The molecule has 0 radical (unpaired) electrons. The van der Waals surface area contributed by atoms with Crippen molar-refractivity contribution in [3.05, 3.63) is 95.6 Å². The van der Waals surface area contributed by atoms with Gasteiger partial charge in [-0.2, -0.15) is 0 Å². The summed E-state index contributed by atoms with van der Waals surface area (Å²) >= 11 is 0. The van der Waals surface area contributed by atoms with Gasteiger partial charge >= 0.3 is 0 Å². The Morgan fingerprint density at radius 1 is 0.742 bits per heavy atom. The summed E-state index contributed by atoms with van der Waals surface area (Å²) in [6.45, 7) is 6.29. The fourth-order valence-electron chi connectivity index (χ4n) is 3.48. The number of hydrogen-bond acceptors (Lipinski definition) is 2. The minimum atomic E-state index is -0.274. The minimum absolute atomic E-state index is 0.0793. The van der Waals surface area contributed by atoms with Gasteiger partial charge in [0.2, 0.25) is 11.8 Å². The van der Waals surface area contributed by atoms with Crippen molar-refractivity contribution < 1.29 is 9.59 Å². The zero-order valence-corrected chi connectivity index (χ0v) is 18.4. The zero-order valence-electron chi connectivity index (χ0n) is 18.4. The van der Waals surface area contributed by atoms with Gasteiger partial charge in [0.15, 0.2) is 0 Å². The SMILES string of the molecule is CC(C)Cc1ccc(C(C)C(=O)Nc2cccc(NC(=O)Cc3ccccc3)c2)cc1. The topological polar surface area (TPSA) is 58.2 Å². The van der Waals surface area contributed by atoms with Crippen molar-refractivity contribution in [1.82, 2.24) is 0 Å². The Morgan fingerprint density at radius 2 is 1.39 bits per heavy atom. The van der Waals surface area contributed by atoms with E-state index in [2.05, 4.69) is 36.6 Å². The van der Waals surface area contributed by atoms with E-state index in [0.29, 0.717) is 23.7 Å². The number of carbonyl (C=O) groups is 2. The van der Waals surface area contributed by atoms with E-state index >= 15 is 0 Å². The Balaban J connectivity index is 1.59. The van der Waals surface area contributed by atoms with Gasteiger partial charge in [-0.1, -0.05) is 74.5 Å². The molecule has 4 nitrogen and oxygen atoms in total. The molecule has 1 unspecified atom stereocenters. The minimum Gasteiger partial charge on any atom is -0.326 e. The average molecular weight is 415 g/mol. The van der Waals surface area contributed by atoms with E-state index in [0.717, 1.165) is 17.5 Å². The predicted molar refractivity (Wildman–Crippen MR) is 127 cm³/mol. The molecule has 0 aliphatic heterocycles. The normalized spacial score (nSPS) is 11.7. The number of amides is 2. The van der Waals surface area contributed by atoms with Gasteiger partial charge in [-0.25, -0.2) is 0 Å². The standard InChI is InChI=1S/C27H30N2O2/c1-19(2)16-22-12-14-23(15-13-22)20(3)27(31)29-25-11-7-10-24(18-25)28-26(30)17-21-8-5-4-6-9-21/h4-15,18-20H,16-17H2,1-3H3,(H,28,30)(H,29,31). The molecule has 3 aromatic carbocycles. The third-order valence-corrected chi connectivity index (χ3v) is 5.14. The van der Waals surface area contributed by atoms with E-state index < -0.39 is 0 Å². The second-order valence-corrected chi connectivity index (χ2v) is 8.34. The fraction of sp³-hybridized carbons (Fsp3) is 0.259. The molecule has 0 aromatic heterocycles. The van der Waals surface area contributed by atoms with Gasteiger partial charge in [0.1, 0.15) is 0 Å². The monoisotopic (exact) mass is 414 g/mol. The van der Waals surface area contributed by atoms with E-state index in [1.165, 1.54) is 5.56 Å². The molecule has 31 heavy (non-hydrogen) atoms. The molecule has 0 bridgehead atoms. The van der Waals surface area contributed by atoms with Crippen LogP contribution in [-0.4, -0.2) is 11.8 Å². The fourth-order valence-corrected chi connectivity index (χ4v) is 3.48. The molecule has 1 atom stereocenters. The number of benzene rings is 3. The smallest absolute Gasteiger partial charge is 0.231 e. The quantitative estimate of drug-likeness (QED) is 0.489. The van der Waals surface area contributed by atoms with Crippen LogP contribution < -0.4 is 10.6 Å². The van der Waals surface area contributed by atoms with Gasteiger partial charge in [-0.3, -0.25) is 9.59 Å². The van der Waals surface area contributed by atoms with Crippen LogP contribution in [0.5, 0.6) is 0 Å². The van der Waals surface area contributed by atoms with E-state index in [9.17, 15) is 9.59 Å². The first kappa shape index (κ1) is 22.3. The molecule has 0 aliphatic rings. The first-order valence-electron chi connectivity index (χ1n) is 10.7. The molecular weight excluding hydrogens is 384 g/mol. The van der Waals surface area contributed by atoms with Crippen molar-refractivity contribution in [2.75, 3.05) is 10.6 Å². The van der Waals surface area contributed by atoms with Crippen molar-refractivity contribution >= 4 is 23.2 Å². The first-order valence-corrected chi connectivity index (χ1v) is 10.7. The third-order valence-electron chi connectivity index (χ3n) is 5.14. The highest BCUT2D eigenvalue weighted by Gasteiger charge is 2.16. The van der Waals surface area contributed by atoms with Gasteiger partial charge in [0.05, 0.1) is 12.3 Å². The summed E-state index contributed by atoms with van der Waals surface area (Å²) in [6, 6.07) is 25.1. The molecule has 0 heterocycles. The number of hydrogen-bond donors (Lipinski definition) is 2. The highest BCUT2D eigenvalue weighted by Crippen LogP contribution is 2.21. The summed E-state index contributed by atoms with van der Waals surface area (Å²) in [7, 11) is 0. The summed E-state index contributed by atoms with van der Waals surface area (Å²) in [5, 5.41) is 5.86. The number of carbonyl (C=O) groups excluding carboxylic acids is 2. The maximum atomic E-state index is 12.8. The molecule has 0 fully saturated rings. The molecule has 160 valence electrons. The summed E-state index contributed by atoms with van der Waals surface area (Å²) in [5.41, 5.74) is 4.54. The second-order valence-electron chi connectivity index (χ2n) is 8.34. The molecule has 2 N–H and O–H groups in total. The number of nitrogens with one attached hydrogen (secondary N) is 2. The summed E-state index contributed by atoms with van der Waals surface area (Å²) in [4.78, 5) is 25.1. The van der Waals surface area contributed by atoms with Crippen LogP contribution in [0.4, 0.5) is 11.4 Å². The molecule has 0 spiro atoms. The van der Waals surface area contributed by atoms with Crippen LogP contribution in [0.1, 0.15) is 43.4 Å². The maximum Gasteiger partial charge on any atom is 0.231 e. The second kappa shape index (κ2) is 10.6. The van der Waals surface area contributed by atoms with Crippen molar-refractivity contribution in [2.24, 2.45) is 5.92 Å². The Kier molecular flexibility index (Phi) is 7.60. The van der Waals surface area contributed by atoms with Crippen molar-refractivity contribution in [3.8, 4) is 0 Å². The van der Waals surface area contributed by atoms with Crippen molar-refractivity contribution in [2.45, 2.75) is 39.5 Å². The van der Waals surface area contributed by atoms with Crippen LogP contribution in [0.15, 0.2) is 78.9 Å². The molecule has 3 rings (SSSR count). The summed E-state index contributed by atoms with van der Waals surface area (Å²) < 4.78 is 0.